The molecule has 0 radical (unpaired) electrons. The van der Waals surface area contributed by atoms with Gasteiger partial charge in [0.1, 0.15) is 0 Å². The Bertz CT molecular complexity index is 283. The first-order chi connectivity index (χ1) is 9.50. The Morgan fingerprint density at radius 1 is 1.25 bits per heavy atom. The van der Waals surface area contributed by atoms with Gasteiger partial charge in [-0.15, -0.1) is 0 Å². The van der Waals surface area contributed by atoms with Crippen molar-refractivity contribution in [2.45, 2.75) is 78.7 Å². The van der Waals surface area contributed by atoms with Crippen LogP contribution in [0, 0.1) is 11.3 Å². The van der Waals surface area contributed by atoms with Crippen molar-refractivity contribution >= 4 is 5.91 Å². The molecule has 1 fully saturated rings. The molecule has 0 aromatic carbocycles. The van der Waals surface area contributed by atoms with Crippen LogP contribution in [0.1, 0.15) is 72.6 Å². The Balaban J connectivity index is 2.86. The highest BCUT2D eigenvalue weighted by atomic mass is 16.2. The van der Waals surface area contributed by atoms with Gasteiger partial charge in [-0.2, -0.15) is 0 Å². The van der Waals surface area contributed by atoms with Crippen LogP contribution in [0.2, 0.25) is 0 Å². The van der Waals surface area contributed by atoms with Crippen molar-refractivity contribution in [3.8, 4) is 0 Å². The van der Waals surface area contributed by atoms with Gasteiger partial charge in [0.25, 0.3) is 0 Å². The molecule has 0 spiro atoms. The third-order valence-electron chi connectivity index (χ3n) is 5.17. The van der Waals surface area contributed by atoms with Gasteiger partial charge in [0.15, 0.2) is 0 Å². The molecule has 2 N–H and O–H groups in total. The Morgan fingerprint density at radius 3 is 2.20 bits per heavy atom. The molecule has 1 aliphatic carbocycles. The second kappa shape index (κ2) is 8.02. The lowest BCUT2D eigenvalue weighted by atomic mass is 9.80. The standard InChI is InChI=1S/C17H34N2O/c1-5-17(6-2,13-18)16(20)19(12-11-14(3)4)15-9-7-8-10-15/h14-15H,5-13,18H2,1-4H3. The zero-order valence-electron chi connectivity index (χ0n) is 14.0. The summed E-state index contributed by atoms with van der Waals surface area (Å²) in [5, 5.41) is 0. The minimum Gasteiger partial charge on any atom is -0.339 e. The molecule has 3 heteroatoms. The Kier molecular flexibility index (Phi) is 7.01. The van der Waals surface area contributed by atoms with E-state index in [-0.39, 0.29) is 5.41 Å². The summed E-state index contributed by atoms with van der Waals surface area (Å²) >= 11 is 0. The van der Waals surface area contributed by atoms with E-state index in [2.05, 4.69) is 32.6 Å². The molecule has 0 aromatic rings. The van der Waals surface area contributed by atoms with E-state index in [1.807, 2.05) is 0 Å². The highest BCUT2D eigenvalue weighted by Crippen LogP contribution is 2.32. The van der Waals surface area contributed by atoms with Gasteiger partial charge in [-0.05, 0) is 38.0 Å². The fourth-order valence-electron chi connectivity index (χ4n) is 3.30. The molecule has 0 bridgehead atoms. The fourth-order valence-corrected chi connectivity index (χ4v) is 3.30. The van der Waals surface area contributed by atoms with Crippen molar-refractivity contribution in [2.24, 2.45) is 17.1 Å². The Labute approximate surface area is 125 Å². The van der Waals surface area contributed by atoms with Gasteiger partial charge in [-0.3, -0.25) is 4.79 Å². The molecule has 0 atom stereocenters. The van der Waals surface area contributed by atoms with E-state index in [9.17, 15) is 4.79 Å². The van der Waals surface area contributed by atoms with Crippen LogP contribution in [0.4, 0.5) is 0 Å². The second-order valence-electron chi connectivity index (χ2n) is 6.81. The first-order valence-electron chi connectivity index (χ1n) is 8.51. The minimum absolute atomic E-state index is 0.317. The maximum atomic E-state index is 13.1. The van der Waals surface area contributed by atoms with Gasteiger partial charge in [-0.25, -0.2) is 0 Å². The molecule has 1 aliphatic rings. The lowest BCUT2D eigenvalue weighted by molar-refractivity contribution is -0.144. The lowest BCUT2D eigenvalue weighted by Gasteiger charge is -2.39. The maximum absolute atomic E-state index is 13.1. The van der Waals surface area contributed by atoms with Crippen LogP contribution >= 0.6 is 0 Å². The third-order valence-corrected chi connectivity index (χ3v) is 5.17. The van der Waals surface area contributed by atoms with Crippen LogP contribution in [-0.4, -0.2) is 29.9 Å². The van der Waals surface area contributed by atoms with Crippen molar-refractivity contribution < 1.29 is 4.79 Å². The third kappa shape index (κ3) is 3.97. The van der Waals surface area contributed by atoms with E-state index in [1.54, 1.807) is 0 Å². The van der Waals surface area contributed by atoms with Gasteiger partial charge in [0, 0.05) is 19.1 Å². The fraction of sp³-hybridized carbons (Fsp3) is 0.941. The number of carbonyl (C=O) groups is 1. The number of hydrogen-bond donors (Lipinski definition) is 1. The van der Waals surface area contributed by atoms with E-state index in [1.165, 1.54) is 25.7 Å². The number of amides is 1. The van der Waals surface area contributed by atoms with Gasteiger partial charge < -0.3 is 10.6 Å². The Morgan fingerprint density at radius 2 is 1.80 bits per heavy atom. The summed E-state index contributed by atoms with van der Waals surface area (Å²) in [5.41, 5.74) is 5.64. The minimum atomic E-state index is -0.334. The summed E-state index contributed by atoms with van der Waals surface area (Å²) in [4.78, 5) is 15.3. The van der Waals surface area contributed by atoms with E-state index >= 15 is 0 Å². The van der Waals surface area contributed by atoms with Crippen molar-refractivity contribution in [3.63, 3.8) is 0 Å². The van der Waals surface area contributed by atoms with Crippen molar-refractivity contribution in [3.05, 3.63) is 0 Å². The quantitative estimate of drug-likeness (QED) is 0.740. The van der Waals surface area contributed by atoms with Crippen molar-refractivity contribution in [1.82, 2.24) is 4.90 Å². The van der Waals surface area contributed by atoms with Crippen molar-refractivity contribution in [2.75, 3.05) is 13.1 Å². The molecule has 3 nitrogen and oxygen atoms in total. The topological polar surface area (TPSA) is 46.3 Å². The first kappa shape index (κ1) is 17.5. The SMILES string of the molecule is CCC(CC)(CN)C(=O)N(CCC(C)C)C1CCCC1. The predicted molar refractivity (Wildman–Crippen MR) is 85.5 cm³/mol. The first-order valence-corrected chi connectivity index (χ1v) is 8.51. The summed E-state index contributed by atoms with van der Waals surface area (Å²) in [6.07, 6.45) is 7.69. The molecule has 118 valence electrons. The van der Waals surface area contributed by atoms with Crippen LogP contribution in [0.15, 0.2) is 0 Å². The number of carbonyl (C=O) groups excluding carboxylic acids is 1. The predicted octanol–water partition coefficient (Wildman–Crippen LogP) is 3.57. The number of nitrogens with two attached hydrogens (primary N) is 1. The van der Waals surface area contributed by atoms with Gasteiger partial charge in [-0.1, -0.05) is 40.5 Å². The summed E-state index contributed by atoms with van der Waals surface area (Å²) in [7, 11) is 0. The summed E-state index contributed by atoms with van der Waals surface area (Å²) in [6.45, 7) is 10.0. The van der Waals surface area contributed by atoms with E-state index in [4.69, 9.17) is 5.73 Å². The van der Waals surface area contributed by atoms with Crippen LogP contribution in [0.5, 0.6) is 0 Å². The molecule has 0 saturated heterocycles. The average molecular weight is 282 g/mol. The molecule has 0 heterocycles. The normalized spacial score (nSPS) is 16.9. The Hall–Kier alpha value is -0.570. The van der Waals surface area contributed by atoms with Crippen LogP contribution in [0.25, 0.3) is 0 Å². The molecule has 20 heavy (non-hydrogen) atoms. The number of nitrogens with zero attached hydrogens (tertiary/aromatic N) is 1. The van der Waals surface area contributed by atoms with Gasteiger partial charge in [0.2, 0.25) is 5.91 Å². The second-order valence-corrected chi connectivity index (χ2v) is 6.81. The zero-order valence-corrected chi connectivity index (χ0v) is 14.0. The molecular formula is C17H34N2O. The lowest BCUT2D eigenvalue weighted by Crippen LogP contribution is -2.51. The highest BCUT2D eigenvalue weighted by Gasteiger charge is 2.39. The van der Waals surface area contributed by atoms with E-state index < -0.39 is 0 Å². The van der Waals surface area contributed by atoms with Gasteiger partial charge in [0.05, 0.1) is 5.41 Å². The van der Waals surface area contributed by atoms with Crippen LogP contribution in [0.3, 0.4) is 0 Å². The maximum Gasteiger partial charge on any atom is 0.230 e. The molecule has 0 unspecified atom stereocenters. The number of rotatable bonds is 8. The molecule has 1 amide bonds. The smallest absolute Gasteiger partial charge is 0.230 e. The van der Waals surface area contributed by atoms with E-state index in [0.717, 1.165) is 25.8 Å². The largest absolute Gasteiger partial charge is 0.339 e. The summed E-state index contributed by atoms with van der Waals surface area (Å²) in [5.74, 6) is 0.958. The zero-order chi connectivity index (χ0) is 15.2. The molecule has 1 saturated carbocycles. The van der Waals surface area contributed by atoms with E-state index in [0.29, 0.717) is 24.4 Å². The average Bonchev–Trinajstić information content (AvgIpc) is 2.95. The summed E-state index contributed by atoms with van der Waals surface area (Å²) < 4.78 is 0. The monoisotopic (exact) mass is 282 g/mol. The van der Waals surface area contributed by atoms with Crippen LogP contribution < -0.4 is 5.73 Å². The molecule has 1 rings (SSSR count). The molecule has 0 aliphatic heterocycles. The number of hydrogen-bond acceptors (Lipinski definition) is 2. The highest BCUT2D eigenvalue weighted by molar-refractivity contribution is 5.83. The van der Waals surface area contributed by atoms with Crippen molar-refractivity contribution in [1.29, 1.82) is 0 Å². The van der Waals surface area contributed by atoms with Gasteiger partial charge >= 0.3 is 0 Å². The summed E-state index contributed by atoms with van der Waals surface area (Å²) in [6, 6.07) is 0.463. The van der Waals surface area contributed by atoms with Crippen LogP contribution in [-0.2, 0) is 4.79 Å². The molecule has 0 aromatic heterocycles. The molecular weight excluding hydrogens is 248 g/mol.